The van der Waals surface area contributed by atoms with E-state index in [2.05, 4.69) is 0 Å². The summed E-state index contributed by atoms with van der Waals surface area (Å²) in [6.07, 6.45) is 2.47. The smallest absolute Gasteiger partial charge is 0.207 e. The van der Waals surface area contributed by atoms with Crippen molar-refractivity contribution in [1.29, 1.82) is 0 Å². The average Bonchev–Trinajstić information content (AvgIpc) is 2.55. The van der Waals surface area contributed by atoms with Gasteiger partial charge in [-0.1, -0.05) is 48.0 Å². The van der Waals surface area contributed by atoms with Crippen LogP contribution in [0.15, 0.2) is 59.5 Å². The Morgan fingerprint density at radius 3 is 2.43 bits per heavy atom. The number of hydrogen-bond acceptors (Lipinski definition) is 2. The van der Waals surface area contributed by atoms with E-state index in [1.165, 1.54) is 16.4 Å². The van der Waals surface area contributed by atoms with Crippen molar-refractivity contribution in [2.45, 2.75) is 11.3 Å². The van der Waals surface area contributed by atoms with Crippen LogP contribution in [0.1, 0.15) is 12.0 Å². The highest BCUT2D eigenvalue weighted by molar-refractivity contribution is 7.89. The molecule has 3 nitrogen and oxygen atoms in total. The summed E-state index contributed by atoms with van der Waals surface area (Å²) in [6, 6.07) is 13.4. The maximum absolute atomic E-state index is 13.9. The molecule has 0 aromatic heterocycles. The molecule has 1 aliphatic rings. The monoisotopic (exact) mass is 351 g/mol. The van der Waals surface area contributed by atoms with Crippen molar-refractivity contribution in [2.75, 3.05) is 13.1 Å². The number of sulfonamides is 1. The second kappa shape index (κ2) is 6.43. The number of hydrogen-bond donors (Lipinski definition) is 0. The number of nitrogens with zero attached hydrogens (tertiary/aromatic N) is 1. The van der Waals surface area contributed by atoms with Crippen LogP contribution in [0, 0.1) is 5.82 Å². The first-order valence-electron chi connectivity index (χ1n) is 7.18. The second-order valence-electron chi connectivity index (χ2n) is 5.28. The van der Waals surface area contributed by atoms with Gasteiger partial charge in [-0.15, -0.1) is 0 Å². The molecule has 0 bridgehead atoms. The Labute approximate surface area is 140 Å². The highest BCUT2D eigenvalue weighted by atomic mass is 35.5. The van der Waals surface area contributed by atoms with Crippen LogP contribution in [0.5, 0.6) is 0 Å². The minimum Gasteiger partial charge on any atom is -0.207 e. The molecule has 0 spiro atoms. The number of halogens is 2. The summed E-state index contributed by atoms with van der Waals surface area (Å²) >= 11 is 5.68. The first-order valence-corrected chi connectivity index (χ1v) is 9.00. The van der Waals surface area contributed by atoms with Gasteiger partial charge in [0.2, 0.25) is 10.0 Å². The quantitative estimate of drug-likeness (QED) is 0.839. The van der Waals surface area contributed by atoms with E-state index in [4.69, 9.17) is 11.6 Å². The second-order valence-corrected chi connectivity index (χ2v) is 7.63. The largest absolute Gasteiger partial charge is 0.246 e. The topological polar surface area (TPSA) is 37.4 Å². The van der Waals surface area contributed by atoms with E-state index in [9.17, 15) is 12.8 Å². The first-order chi connectivity index (χ1) is 11.0. The first kappa shape index (κ1) is 16.2. The zero-order chi connectivity index (χ0) is 16.4. The Hall–Kier alpha value is -1.69. The van der Waals surface area contributed by atoms with Gasteiger partial charge in [-0.05, 0) is 35.8 Å². The molecule has 0 atom stereocenters. The molecule has 0 saturated carbocycles. The zero-order valence-electron chi connectivity index (χ0n) is 12.2. The molecule has 3 rings (SSSR count). The summed E-state index contributed by atoms with van der Waals surface area (Å²) in [4.78, 5) is -0.335. The van der Waals surface area contributed by atoms with E-state index in [-0.39, 0.29) is 16.5 Å². The molecule has 2 aromatic carbocycles. The average molecular weight is 352 g/mol. The number of rotatable bonds is 3. The van der Waals surface area contributed by atoms with Crippen molar-refractivity contribution in [1.82, 2.24) is 4.31 Å². The van der Waals surface area contributed by atoms with Crippen molar-refractivity contribution in [3.8, 4) is 0 Å². The maximum atomic E-state index is 13.9. The third kappa shape index (κ3) is 3.32. The van der Waals surface area contributed by atoms with E-state index >= 15 is 0 Å². The lowest BCUT2D eigenvalue weighted by molar-refractivity contribution is 0.436. The molecule has 120 valence electrons. The minimum absolute atomic E-state index is 0.173. The molecule has 0 N–H and O–H groups in total. The maximum Gasteiger partial charge on any atom is 0.246 e. The van der Waals surface area contributed by atoms with Crippen LogP contribution in [0.3, 0.4) is 0 Å². The van der Waals surface area contributed by atoms with Crippen LogP contribution in [0.4, 0.5) is 4.39 Å². The van der Waals surface area contributed by atoms with Gasteiger partial charge in [0.25, 0.3) is 0 Å². The van der Waals surface area contributed by atoms with Crippen LogP contribution in [-0.4, -0.2) is 25.8 Å². The van der Waals surface area contributed by atoms with Crippen molar-refractivity contribution in [3.63, 3.8) is 0 Å². The summed E-state index contributed by atoms with van der Waals surface area (Å²) < 4.78 is 40.4. The lowest BCUT2D eigenvalue weighted by Crippen LogP contribution is -2.35. The Morgan fingerprint density at radius 2 is 1.83 bits per heavy atom. The Kier molecular flexibility index (Phi) is 4.53. The van der Waals surface area contributed by atoms with Crippen molar-refractivity contribution in [3.05, 3.63) is 71.0 Å². The van der Waals surface area contributed by atoms with E-state index in [0.29, 0.717) is 13.0 Å². The summed E-state index contributed by atoms with van der Waals surface area (Å²) in [6.45, 7) is 0.555. The SMILES string of the molecule is O=S(=O)(c1ccc(Cl)cc1F)N1CC=C(c2ccccc2)CC1. The van der Waals surface area contributed by atoms with E-state index in [1.807, 2.05) is 36.4 Å². The normalized spacial score (nSPS) is 16.2. The van der Waals surface area contributed by atoms with Gasteiger partial charge in [-0.3, -0.25) is 0 Å². The summed E-state index contributed by atoms with van der Waals surface area (Å²) in [7, 11) is -3.86. The Balaban J connectivity index is 1.85. The Bertz CT molecular complexity index is 850. The third-order valence-corrected chi connectivity index (χ3v) is 5.96. The van der Waals surface area contributed by atoms with Crippen LogP contribution >= 0.6 is 11.6 Å². The molecular weight excluding hydrogens is 337 g/mol. The van der Waals surface area contributed by atoms with E-state index in [0.717, 1.165) is 17.2 Å². The predicted molar refractivity (Wildman–Crippen MR) is 89.2 cm³/mol. The zero-order valence-corrected chi connectivity index (χ0v) is 13.8. The van der Waals surface area contributed by atoms with Gasteiger partial charge in [-0.25, -0.2) is 12.8 Å². The molecule has 1 aliphatic heterocycles. The van der Waals surface area contributed by atoms with Gasteiger partial charge in [0, 0.05) is 18.1 Å². The predicted octanol–water partition coefficient (Wildman–Crippen LogP) is 3.96. The number of benzene rings is 2. The minimum atomic E-state index is -3.86. The summed E-state index contributed by atoms with van der Waals surface area (Å²) in [5.41, 5.74) is 2.19. The fourth-order valence-corrected chi connectivity index (χ4v) is 4.19. The summed E-state index contributed by atoms with van der Waals surface area (Å²) in [5.74, 6) is -0.824. The van der Waals surface area contributed by atoms with Gasteiger partial charge in [0.1, 0.15) is 10.7 Å². The molecule has 23 heavy (non-hydrogen) atoms. The molecule has 0 amide bonds. The molecule has 1 heterocycles. The van der Waals surface area contributed by atoms with Crippen molar-refractivity contribution >= 4 is 27.2 Å². The molecule has 0 aliphatic carbocycles. The van der Waals surface area contributed by atoms with Crippen LogP contribution in [-0.2, 0) is 10.0 Å². The molecule has 0 radical (unpaired) electrons. The fourth-order valence-electron chi connectivity index (χ4n) is 2.61. The lowest BCUT2D eigenvalue weighted by Gasteiger charge is -2.26. The molecule has 6 heteroatoms. The van der Waals surface area contributed by atoms with Crippen LogP contribution in [0.2, 0.25) is 5.02 Å². The molecule has 0 fully saturated rings. The van der Waals surface area contributed by atoms with Gasteiger partial charge in [-0.2, -0.15) is 4.31 Å². The van der Waals surface area contributed by atoms with Gasteiger partial charge < -0.3 is 0 Å². The van der Waals surface area contributed by atoms with Gasteiger partial charge in [0.15, 0.2) is 0 Å². The van der Waals surface area contributed by atoms with E-state index in [1.54, 1.807) is 0 Å². The summed E-state index contributed by atoms with van der Waals surface area (Å²) in [5, 5.41) is 0.173. The van der Waals surface area contributed by atoms with Gasteiger partial charge >= 0.3 is 0 Å². The van der Waals surface area contributed by atoms with Crippen LogP contribution in [0.25, 0.3) is 5.57 Å². The fraction of sp³-hybridized carbons (Fsp3) is 0.176. The molecule has 2 aromatic rings. The van der Waals surface area contributed by atoms with Crippen molar-refractivity contribution in [2.24, 2.45) is 0 Å². The Morgan fingerprint density at radius 1 is 1.09 bits per heavy atom. The van der Waals surface area contributed by atoms with E-state index < -0.39 is 15.8 Å². The van der Waals surface area contributed by atoms with Crippen LogP contribution < -0.4 is 0 Å². The third-order valence-electron chi connectivity index (χ3n) is 3.83. The molecule has 0 saturated heterocycles. The highest BCUT2D eigenvalue weighted by Crippen LogP contribution is 2.27. The van der Waals surface area contributed by atoms with Gasteiger partial charge in [0.05, 0.1) is 0 Å². The highest BCUT2D eigenvalue weighted by Gasteiger charge is 2.28. The molecular formula is C17H15ClFNO2S. The molecule has 0 unspecified atom stereocenters. The standard InChI is InChI=1S/C17H15ClFNO2S/c18-15-6-7-17(16(19)12-15)23(21,22)20-10-8-14(9-11-20)13-4-2-1-3-5-13/h1-8,12H,9-11H2. The van der Waals surface area contributed by atoms with Crippen molar-refractivity contribution < 1.29 is 12.8 Å². The lowest BCUT2D eigenvalue weighted by atomic mass is 10.0.